The van der Waals surface area contributed by atoms with Crippen molar-refractivity contribution in [1.82, 2.24) is 0 Å². The fraction of sp³-hybridized carbons (Fsp3) is 0.908. The lowest BCUT2D eigenvalue weighted by Crippen LogP contribution is -2.30. The highest BCUT2D eigenvalue weighted by molar-refractivity contribution is 5.71. The molecular formula is C76H144O6. The van der Waals surface area contributed by atoms with E-state index in [1.54, 1.807) is 0 Å². The van der Waals surface area contributed by atoms with Gasteiger partial charge in [0.15, 0.2) is 6.10 Å². The number of ether oxygens (including phenoxy) is 3. The number of allylic oxidation sites excluding steroid dienone is 4. The molecule has 0 N–H and O–H groups in total. The molecule has 0 bridgehead atoms. The summed E-state index contributed by atoms with van der Waals surface area (Å²) in [6.07, 6.45) is 87.9. The molecule has 0 radical (unpaired) electrons. The minimum Gasteiger partial charge on any atom is -0.462 e. The first-order valence-corrected chi connectivity index (χ1v) is 37.3. The van der Waals surface area contributed by atoms with Crippen LogP contribution < -0.4 is 0 Å². The van der Waals surface area contributed by atoms with E-state index in [0.717, 1.165) is 64.2 Å². The maximum absolute atomic E-state index is 13.0. The van der Waals surface area contributed by atoms with E-state index in [1.807, 2.05) is 0 Å². The third-order valence-corrected chi connectivity index (χ3v) is 17.2. The standard InChI is InChI=1S/C76H144O6/c1-4-7-10-13-16-19-22-25-28-31-33-34-35-36-37-38-39-40-41-42-43-46-48-51-54-57-60-63-66-69-75(78)81-72-73(71-80-74(77)68-65-62-59-56-53-50-47-44-30-27-24-21-18-15-12-9-6-3)82-76(79)70-67-64-61-58-55-52-49-45-32-29-26-23-20-17-14-11-8-5-2/h22,25,31,33,73H,4-21,23-24,26-30,32,34-72H2,1-3H3/b25-22-,33-31-. The van der Waals surface area contributed by atoms with Gasteiger partial charge in [-0.15, -0.1) is 0 Å². The van der Waals surface area contributed by atoms with Crippen molar-refractivity contribution in [3.63, 3.8) is 0 Å². The molecule has 0 aromatic rings. The highest BCUT2D eigenvalue weighted by Crippen LogP contribution is 2.19. The van der Waals surface area contributed by atoms with E-state index >= 15 is 0 Å². The minimum absolute atomic E-state index is 0.0627. The lowest BCUT2D eigenvalue weighted by Gasteiger charge is -2.18. The van der Waals surface area contributed by atoms with E-state index in [0.29, 0.717) is 19.3 Å². The summed E-state index contributed by atoms with van der Waals surface area (Å²) in [6.45, 7) is 6.73. The summed E-state index contributed by atoms with van der Waals surface area (Å²) < 4.78 is 17.0. The van der Waals surface area contributed by atoms with Gasteiger partial charge in [-0.2, -0.15) is 0 Å². The molecule has 0 saturated heterocycles. The Kier molecular flexibility index (Phi) is 69.5. The summed E-state index contributed by atoms with van der Waals surface area (Å²) >= 11 is 0. The van der Waals surface area contributed by atoms with Crippen molar-refractivity contribution in [2.75, 3.05) is 13.2 Å². The highest BCUT2D eigenvalue weighted by atomic mass is 16.6. The fourth-order valence-electron chi connectivity index (χ4n) is 11.6. The Morgan fingerprint density at radius 1 is 0.244 bits per heavy atom. The zero-order valence-electron chi connectivity index (χ0n) is 55.8. The summed E-state index contributed by atoms with van der Waals surface area (Å²) in [7, 11) is 0. The molecule has 82 heavy (non-hydrogen) atoms. The summed E-state index contributed by atoms with van der Waals surface area (Å²) in [5.74, 6) is -0.824. The molecule has 0 rings (SSSR count). The van der Waals surface area contributed by atoms with Crippen LogP contribution in [-0.4, -0.2) is 37.2 Å². The lowest BCUT2D eigenvalue weighted by molar-refractivity contribution is -0.167. The second kappa shape index (κ2) is 71.4. The van der Waals surface area contributed by atoms with Gasteiger partial charge >= 0.3 is 17.9 Å². The SMILES string of the molecule is CCCCCCC/C=C\C/C=C\CCCCCCCCCCCCCCCCCCCC(=O)OCC(COC(=O)CCCCCCCCCCCCCCCCCCC)OC(=O)CCCCCCCCCCCCCCCCCCCC. The maximum atomic E-state index is 13.0. The lowest BCUT2D eigenvalue weighted by atomic mass is 10.0. The van der Waals surface area contributed by atoms with Crippen LogP contribution >= 0.6 is 0 Å². The molecule has 0 amide bonds. The molecule has 6 nitrogen and oxygen atoms in total. The Hall–Kier alpha value is -2.11. The zero-order valence-corrected chi connectivity index (χ0v) is 55.8. The van der Waals surface area contributed by atoms with Crippen LogP contribution in [0.3, 0.4) is 0 Å². The van der Waals surface area contributed by atoms with Crippen LogP contribution in [0.2, 0.25) is 0 Å². The zero-order chi connectivity index (χ0) is 59.2. The van der Waals surface area contributed by atoms with Gasteiger partial charge in [0.1, 0.15) is 13.2 Å². The molecule has 0 heterocycles. The molecule has 6 heteroatoms. The van der Waals surface area contributed by atoms with E-state index in [1.165, 1.54) is 321 Å². The first-order valence-electron chi connectivity index (χ1n) is 37.3. The minimum atomic E-state index is -0.767. The monoisotopic (exact) mass is 1150 g/mol. The predicted octanol–water partition coefficient (Wildman–Crippen LogP) is 25.7. The average Bonchev–Trinajstić information content (AvgIpc) is 3.47. The van der Waals surface area contributed by atoms with E-state index in [2.05, 4.69) is 45.1 Å². The number of carbonyl (C=O) groups is 3. The number of hydrogen-bond donors (Lipinski definition) is 0. The van der Waals surface area contributed by atoms with Crippen molar-refractivity contribution in [3.05, 3.63) is 24.3 Å². The number of unbranched alkanes of at least 4 members (excludes halogenated alkanes) is 55. The summed E-state index contributed by atoms with van der Waals surface area (Å²) in [4.78, 5) is 38.5. The quantitative estimate of drug-likeness (QED) is 0.0261. The number of rotatable bonds is 70. The molecule has 1 atom stereocenters. The summed E-state index contributed by atoms with van der Waals surface area (Å²) in [6, 6.07) is 0. The largest absolute Gasteiger partial charge is 0.462 e. The van der Waals surface area contributed by atoms with Gasteiger partial charge in [-0.25, -0.2) is 0 Å². The number of esters is 3. The molecule has 0 fully saturated rings. The van der Waals surface area contributed by atoms with E-state index in [9.17, 15) is 14.4 Å². The van der Waals surface area contributed by atoms with Gasteiger partial charge < -0.3 is 14.2 Å². The van der Waals surface area contributed by atoms with E-state index in [4.69, 9.17) is 14.2 Å². The van der Waals surface area contributed by atoms with Gasteiger partial charge in [0.05, 0.1) is 0 Å². The van der Waals surface area contributed by atoms with Crippen molar-refractivity contribution < 1.29 is 28.6 Å². The van der Waals surface area contributed by atoms with Crippen molar-refractivity contribution in [2.24, 2.45) is 0 Å². The summed E-state index contributed by atoms with van der Waals surface area (Å²) in [5, 5.41) is 0. The Balaban J connectivity index is 4.21. The Morgan fingerprint density at radius 2 is 0.439 bits per heavy atom. The Bertz CT molecular complexity index is 1320. The maximum Gasteiger partial charge on any atom is 0.306 e. The van der Waals surface area contributed by atoms with Crippen LogP contribution in [0.4, 0.5) is 0 Å². The molecule has 0 spiro atoms. The Labute approximate surface area is 513 Å². The van der Waals surface area contributed by atoms with Gasteiger partial charge in [0.2, 0.25) is 0 Å². The predicted molar refractivity (Wildman–Crippen MR) is 358 cm³/mol. The number of carbonyl (C=O) groups excluding carboxylic acids is 3. The van der Waals surface area contributed by atoms with Crippen LogP contribution in [0.5, 0.6) is 0 Å². The van der Waals surface area contributed by atoms with Gasteiger partial charge in [0, 0.05) is 19.3 Å². The normalized spacial score (nSPS) is 12.1. The topological polar surface area (TPSA) is 78.9 Å². The van der Waals surface area contributed by atoms with Crippen molar-refractivity contribution >= 4 is 17.9 Å². The highest BCUT2D eigenvalue weighted by Gasteiger charge is 2.20. The van der Waals surface area contributed by atoms with E-state index < -0.39 is 6.10 Å². The first kappa shape index (κ1) is 79.9. The van der Waals surface area contributed by atoms with Crippen LogP contribution in [-0.2, 0) is 28.6 Å². The van der Waals surface area contributed by atoms with Crippen molar-refractivity contribution in [3.8, 4) is 0 Å². The third kappa shape index (κ3) is 68.7. The molecule has 484 valence electrons. The summed E-state index contributed by atoms with van der Waals surface area (Å²) in [5.41, 5.74) is 0. The Morgan fingerprint density at radius 3 is 0.671 bits per heavy atom. The molecule has 0 aliphatic carbocycles. The fourth-order valence-corrected chi connectivity index (χ4v) is 11.6. The number of hydrogen-bond acceptors (Lipinski definition) is 6. The van der Waals surface area contributed by atoms with Gasteiger partial charge in [-0.3, -0.25) is 14.4 Å². The van der Waals surface area contributed by atoms with Crippen molar-refractivity contribution in [1.29, 1.82) is 0 Å². The van der Waals surface area contributed by atoms with Crippen LogP contribution in [0.25, 0.3) is 0 Å². The van der Waals surface area contributed by atoms with Gasteiger partial charge in [-0.1, -0.05) is 379 Å². The van der Waals surface area contributed by atoms with Crippen LogP contribution in [0.1, 0.15) is 425 Å². The average molecular weight is 1150 g/mol. The molecule has 0 aromatic carbocycles. The molecule has 0 aliphatic rings. The second-order valence-electron chi connectivity index (χ2n) is 25.6. The molecule has 1 unspecified atom stereocenters. The van der Waals surface area contributed by atoms with Crippen LogP contribution in [0.15, 0.2) is 24.3 Å². The van der Waals surface area contributed by atoms with Gasteiger partial charge in [-0.05, 0) is 51.4 Å². The third-order valence-electron chi connectivity index (χ3n) is 17.2. The smallest absolute Gasteiger partial charge is 0.306 e. The molecule has 0 aromatic heterocycles. The van der Waals surface area contributed by atoms with Crippen molar-refractivity contribution in [2.45, 2.75) is 431 Å². The van der Waals surface area contributed by atoms with Crippen LogP contribution in [0, 0.1) is 0 Å². The molecular weight excluding hydrogens is 1010 g/mol. The second-order valence-corrected chi connectivity index (χ2v) is 25.6. The van der Waals surface area contributed by atoms with Gasteiger partial charge in [0.25, 0.3) is 0 Å². The van der Waals surface area contributed by atoms with E-state index in [-0.39, 0.29) is 31.1 Å². The molecule has 0 saturated carbocycles. The first-order chi connectivity index (χ1) is 40.5. The molecule has 0 aliphatic heterocycles.